The minimum absolute atomic E-state index is 0.856. The number of nitrogens with zero attached hydrogens (tertiary/aromatic N) is 1. The van der Waals surface area contributed by atoms with E-state index in [2.05, 4.69) is 138 Å². The first-order chi connectivity index (χ1) is 22.8. The van der Waals surface area contributed by atoms with Crippen LogP contribution in [0.2, 0.25) is 0 Å². The number of furan rings is 2. The fraction of sp³-hybridized carbons (Fsp3) is 0. The standard InChI is InChI=1S/C42H25NO2S/c1-3-11-27(12-4-1)43(28-13-5-2-6-14-28)29-20-22-31-30-21-19-26(23-37(30)44-38(31)24-29)34-25-35-32-15-8-10-18-39(32)46-42(35)40-33-16-7-9-17-36(33)45-41(34)40/h1-25H. The Hall–Kier alpha value is -5.84. The zero-order chi connectivity index (χ0) is 30.2. The molecule has 0 radical (unpaired) electrons. The third-order valence-electron chi connectivity index (χ3n) is 9.04. The Balaban J connectivity index is 1.18. The summed E-state index contributed by atoms with van der Waals surface area (Å²) in [5, 5.41) is 7.05. The Morgan fingerprint density at radius 1 is 0.435 bits per heavy atom. The number of thiophene rings is 1. The number of hydrogen-bond acceptors (Lipinski definition) is 4. The summed E-state index contributed by atoms with van der Waals surface area (Å²) in [7, 11) is 0. The van der Waals surface area contributed by atoms with Crippen molar-refractivity contribution in [3.8, 4) is 11.1 Å². The minimum atomic E-state index is 0.856. The molecule has 0 aliphatic rings. The molecule has 4 heteroatoms. The van der Waals surface area contributed by atoms with Crippen LogP contribution in [0.5, 0.6) is 0 Å². The molecule has 3 aromatic heterocycles. The third-order valence-corrected chi connectivity index (χ3v) is 10.2. The van der Waals surface area contributed by atoms with Crippen LogP contribution >= 0.6 is 11.3 Å². The Morgan fingerprint density at radius 3 is 1.87 bits per heavy atom. The summed E-state index contributed by atoms with van der Waals surface area (Å²) >= 11 is 1.84. The van der Waals surface area contributed by atoms with Crippen molar-refractivity contribution in [3.05, 3.63) is 152 Å². The number of hydrogen-bond donors (Lipinski definition) is 0. The van der Waals surface area contributed by atoms with Crippen molar-refractivity contribution in [3.63, 3.8) is 0 Å². The van der Waals surface area contributed by atoms with Crippen LogP contribution in [0.1, 0.15) is 0 Å². The molecular formula is C42H25NO2S. The molecule has 0 atom stereocenters. The first-order valence-electron chi connectivity index (χ1n) is 15.4. The van der Waals surface area contributed by atoms with Gasteiger partial charge in [-0.15, -0.1) is 11.3 Å². The molecule has 10 rings (SSSR count). The van der Waals surface area contributed by atoms with Crippen LogP contribution in [0.3, 0.4) is 0 Å². The van der Waals surface area contributed by atoms with E-state index in [1.807, 2.05) is 29.5 Å². The molecule has 0 amide bonds. The SMILES string of the molecule is c1ccc(N(c2ccccc2)c2ccc3c(c2)oc2cc(-c4cc5c6ccccc6sc5c5c4oc4ccccc45)ccc23)cc1. The number of fused-ring (bicyclic) bond motifs is 10. The second-order valence-corrected chi connectivity index (χ2v) is 12.8. The third kappa shape index (κ3) is 3.77. The Bertz CT molecular complexity index is 2710. The van der Waals surface area contributed by atoms with Crippen molar-refractivity contribution in [1.82, 2.24) is 0 Å². The van der Waals surface area contributed by atoms with E-state index in [9.17, 15) is 0 Å². The van der Waals surface area contributed by atoms with Gasteiger partial charge in [0.15, 0.2) is 0 Å². The highest BCUT2D eigenvalue weighted by Gasteiger charge is 2.20. The minimum Gasteiger partial charge on any atom is -0.456 e. The van der Waals surface area contributed by atoms with Gasteiger partial charge in [0.1, 0.15) is 22.3 Å². The first-order valence-corrected chi connectivity index (χ1v) is 16.2. The van der Waals surface area contributed by atoms with Crippen molar-refractivity contribution in [1.29, 1.82) is 0 Å². The summed E-state index contributed by atoms with van der Waals surface area (Å²) < 4.78 is 15.8. The van der Waals surface area contributed by atoms with Crippen molar-refractivity contribution >= 4 is 92.4 Å². The highest BCUT2D eigenvalue weighted by atomic mass is 32.1. The Kier molecular flexibility index (Phi) is 5.45. The van der Waals surface area contributed by atoms with Crippen LogP contribution in [0.25, 0.3) is 75.2 Å². The van der Waals surface area contributed by atoms with Crippen LogP contribution < -0.4 is 4.90 Å². The molecule has 0 unspecified atom stereocenters. The van der Waals surface area contributed by atoms with Gasteiger partial charge in [0.05, 0.1) is 0 Å². The summed E-state index contributed by atoms with van der Waals surface area (Å²) in [5.41, 5.74) is 8.91. The number of para-hydroxylation sites is 3. The zero-order valence-electron chi connectivity index (χ0n) is 24.6. The lowest BCUT2D eigenvalue weighted by atomic mass is 9.98. The molecule has 0 bridgehead atoms. The Labute approximate surface area is 268 Å². The summed E-state index contributed by atoms with van der Waals surface area (Å²) in [6, 6.07) is 53.3. The predicted molar refractivity (Wildman–Crippen MR) is 194 cm³/mol. The average Bonchev–Trinajstić information content (AvgIpc) is 3.79. The largest absolute Gasteiger partial charge is 0.456 e. The van der Waals surface area contributed by atoms with Crippen LogP contribution in [-0.4, -0.2) is 0 Å². The van der Waals surface area contributed by atoms with Crippen molar-refractivity contribution < 1.29 is 8.83 Å². The summed E-state index contributed by atoms with van der Waals surface area (Å²) in [4.78, 5) is 2.26. The van der Waals surface area contributed by atoms with E-state index in [-0.39, 0.29) is 0 Å². The molecule has 3 nitrogen and oxygen atoms in total. The topological polar surface area (TPSA) is 29.5 Å². The lowest BCUT2D eigenvalue weighted by Gasteiger charge is -2.25. The second-order valence-electron chi connectivity index (χ2n) is 11.7. The summed E-state index contributed by atoms with van der Waals surface area (Å²) in [6.45, 7) is 0. The quantitative estimate of drug-likeness (QED) is 0.199. The van der Waals surface area contributed by atoms with Crippen LogP contribution in [0.15, 0.2) is 160 Å². The van der Waals surface area contributed by atoms with Crippen molar-refractivity contribution in [2.75, 3.05) is 4.90 Å². The molecule has 10 aromatic rings. The molecule has 0 fully saturated rings. The molecule has 0 saturated carbocycles. The maximum absolute atomic E-state index is 6.64. The fourth-order valence-electron chi connectivity index (χ4n) is 6.95. The average molecular weight is 608 g/mol. The monoisotopic (exact) mass is 607 g/mol. The van der Waals surface area contributed by atoms with E-state index in [0.717, 1.165) is 66.7 Å². The van der Waals surface area contributed by atoms with Gasteiger partial charge >= 0.3 is 0 Å². The van der Waals surface area contributed by atoms with E-state index < -0.39 is 0 Å². The molecule has 0 aliphatic heterocycles. The molecule has 46 heavy (non-hydrogen) atoms. The van der Waals surface area contributed by atoms with E-state index in [1.54, 1.807) is 0 Å². The maximum Gasteiger partial charge on any atom is 0.144 e. The van der Waals surface area contributed by atoms with Gasteiger partial charge in [-0.05, 0) is 72.3 Å². The molecule has 216 valence electrons. The smallest absolute Gasteiger partial charge is 0.144 e. The first kappa shape index (κ1) is 25.5. The van der Waals surface area contributed by atoms with Gasteiger partial charge in [-0.25, -0.2) is 0 Å². The summed E-state index contributed by atoms with van der Waals surface area (Å²) in [5.74, 6) is 0. The van der Waals surface area contributed by atoms with E-state index >= 15 is 0 Å². The Morgan fingerprint density at radius 2 is 1.09 bits per heavy atom. The van der Waals surface area contributed by atoms with Gasteiger partial charge in [0.25, 0.3) is 0 Å². The van der Waals surface area contributed by atoms with Gasteiger partial charge in [0, 0.05) is 70.4 Å². The highest BCUT2D eigenvalue weighted by molar-refractivity contribution is 7.26. The molecule has 3 heterocycles. The van der Waals surface area contributed by atoms with Crippen LogP contribution in [-0.2, 0) is 0 Å². The van der Waals surface area contributed by atoms with E-state index in [0.29, 0.717) is 0 Å². The predicted octanol–water partition coefficient (Wildman–Crippen LogP) is 13.0. The number of benzene rings is 7. The van der Waals surface area contributed by atoms with Crippen LogP contribution in [0, 0.1) is 0 Å². The molecule has 0 spiro atoms. The van der Waals surface area contributed by atoms with Gasteiger partial charge in [-0.1, -0.05) is 78.9 Å². The van der Waals surface area contributed by atoms with Gasteiger partial charge in [-0.2, -0.15) is 0 Å². The fourth-order valence-corrected chi connectivity index (χ4v) is 8.19. The maximum atomic E-state index is 6.64. The van der Waals surface area contributed by atoms with E-state index in [1.165, 1.54) is 25.6 Å². The van der Waals surface area contributed by atoms with Gasteiger partial charge < -0.3 is 13.7 Å². The summed E-state index contributed by atoms with van der Waals surface area (Å²) in [6.07, 6.45) is 0. The molecule has 0 N–H and O–H groups in total. The lowest BCUT2D eigenvalue weighted by molar-refractivity contribution is 0.668. The number of anilines is 3. The molecule has 0 saturated heterocycles. The molecule has 0 aliphatic carbocycles. The zero-order valence-corrected chi connectivity index (χ0v) is 25.4. The van der Waals surface area contributed by atoms with E-state index in [4.69, 9.17) is 8.83 Å². The lowest BCUT2D eigenvalue weighted by Crippen LogP contribution is -2.09. The second kappa shape index (κ2) is 9.83. The van der Waals surface area contributed by atoms with Crippen molar-refractivity contribution in [2.45, 2.75) is 0 Å². The molecule has 7 aromatic carbocycles. The molecular weight excluding hydrogens is 583 g/mol. The highest BCUT2D eigenvalue weighted by Crippen LogP contribution is 2.47. The van der Waals surface area contributed by atoms with Crippen LogP contribution in [0.4, 0.5) is 17.1 Å². The van der Waals surface area contributed by atoms with Crippen molar-refractivity contribution in [2.24, 2.45) is 0 Å². The number of rotatable bonds is 4. The normalized spacial score (nSPS) is 11.9. The van der Waals surface area contributed by atoms with Gasteiger partial charge in [-0.3, -0.25) is 0 Å². The van der Waals surface area contributed by atoms with Gasteiger partial charge in [0.2, 0.25) is 0 Å².